The Labute approximate surface area is 139 Å². The lowest BCUT2D eigenvalue weighted by atomic mass is 10.1. The van der Waals surface area contributed by atoms with Crippen LogP contribution in [-0.2, 0) is 9.53 Å². The molecule has 0 bridgehead atoms. The highest BCUT2D eigenvalue weighted by atomic mass is 16.5. The molecule has 0 radical (unpaired) electrons. The normalized spacial score (nSPS) is 10.4. The lowest BCUT2D eigenvalue weighted by Crippen LogP contribution is -2.34. The minimum Gasteiger partial charge on any atom is -0.383 e. The molecule has 128 valence electrons. The Bertz CT molecular complexity index is 503. The summed E-state index contributed by atoms with van der Waals surface area (Å²) in [4.78, 5) is 26.2. The predicted molar refractivity (Wildman–Crippen MR) is 92.7 cm³/mol. The van der Waals surface area contributed by atoms with Gasteiger partial charge < -0.3 is 15.0 Å². The molecule has 0 saturated carbocycles. The van der Waals surface area contributed by atoms with Crippen molar-refractivity contribution in [3.05, 3.63) is 29.8 Å². The van der Waals surface area contributed by atoms with Gasteiger partial charge in [0.1, 0.15) is 0 Å². The second-order valence-electron chi connectivity index (χ2n) is 5.52. The molecule has 23 heavy (non-hydrogen) atoms. The first-order valence-electron chi connectivity index (χ1n) is 8.30. The number of ether oxygens (including phenoxy) is 1. The fourth-order valence-electron chi connectivity index (χ4n) is 2.26. The zero-order valence-corrected chi connectivity index (χ0v) is 14.4. The van der Waals surface area contributed by atoms with E-state index in [-0.39, 0.29) is 11.8 Å². The van der Waals surface area contributed by atoms with Gasteiger partial charge >= 0.3 is 0 Å². The molecule has 2 amide bonds. The third kappa shape index (κ3) is 6.82. The lowest BCUT2D eigenvalue weighted by molar-refractivity contribution is -0.116. The summed E-state index contributed by atoms with van der Waals surface area (Å²) in [5.41, 5.74) is 1.25. The molecule has 1 N–H and O–H groups in total. The standard InChI is InChI=1S/C18H28N2O3/c1-4-6-10-17(21)19-16-9-7-8-15(14-16)18(22)20(11-5-2)12-13-23-3/h7-9,14H,4-6,10-13H2,1-3H3,(H,19,21). The predicted octanol–water partition coefficient (Wildman–Crippen LogP) is 3.31. The van der Waals surface area contributed by atoms with E-state index >= 15 is 0 Å². The van der Waals surface area contributed by atoms with Crippen molar-refractivity contribution in [3.8, 4) is 0 Å². The Balaban J connectivity index is 2.76. The van der Waals surface area contributed by atoms with Crippen molar-refractivity contribution in [2.45, 2.75) is 39.5 Å². The minimum absolute atomic E-state index is 0.0127. The average Bonchev–Trinajstić information content (AvgIpc) is 2.56. The third-order valence-corrected chi connectivity index (χ3v) is 3.50. The molecule has 1 aromatic carbocycles. The first-order valence-corrected chi connectivity index (χ1v) is 8.30. The monoisotopic (exact) mass is 320 g/mol. The second kappa shape index (κ2) is 10.8. The fourth-order valence-corrected chi connectivity index (χ4v) is 2.26. The number of methoxy groups -OCH3 is 1. The smallest absolute Gasteiger partial charge is 0.254 e. The molecular weight excluding hydrogens is 292 g/mol. The van der Waals surface area contributed by atoms with E-state index in [0.717, 1.165) is 19.3 Å². The number of nitrogens with zero attached hydrogens (tertiary/aromatic N) is 1. The molecule has 0 aromatic heterocycles. The first kappa shape index (κ1) is 19.2. The van der Waals surface area contributed by atoms with Gasteiger partial charge in [-0.2, -0.15) is 0 Å². The molecule has 0 atom stereocenters. The Kier molecular flexibility index (Phi) is 8.98. The van der Waals surface area contributed by atoms with Crippen LogP contribution in [0.5, 0.6) is 0 Å². The van der Waals surface area contributed by atoms with E-state index in [2.05, 4.69) is 12.2 Å². The number of hydrogen-bond acceptors (Lipinski definition) is 3. The summed E-state index contributed by atoms with van der Waals surface area (Å²) >= 11 is 0. The van der Waals surface area contributed by atoms with Crippen molar-refractivity contribution in [2.24, 2.45) is 0 Å². The Morgan fingerprint density at radius 2 is 1.96 bits per heavy atom. The first-order chi connectivity index (χ1) is 11.1. The molecule has 0 fully saturated rings. The van der Waals surface area contributed by atoms with E-state index in [1.165, 1.54) is 0 Å². The highest BCUT2D eigenvalue weighted by molar-refractivity contribution is 5.97. The summed E-state index contributed by atoms with van der Waals surface area (Å²) in [5, 5.41) is 2.85. The van der Waals surface area contributed by atoms with E-state index in [9.17, 15) is 9.59 Å². The molecule has 5 nitrogen and oxygen atoms in total. The number of benzene rings is 1. The molecule has 0 aliphatic carbocycles. The van der Waals surface area contributed by atoms with Crippen LogP contribution >= 0.6 is 0 Å². The molecule has 1 aromatic rings. The van der Waals surface area contributed by atoms with Crippen LogP contribution in [-0.4, -0.2) is 43.5 Å². The quantitative estimate of drug-likeness (QED) is 0.719. The number of anilines is 1. The Morgan fingerprint density at radius 1 is 1.17 bits per heavy atom. The van der Waals surface area contributed by atoms with Crippen LogP contribution in [0.15, 0.2) is 24.3 Å². The maximum absolute atomic E-state index is 12.6. The molecule has 5 heteroatoms. The zero-order valence-electron chi connectivity index (χ0n) is 14.4. The van der Waals surface area contributed by atoms with E-state index in [4.69, 9.17) is 4.74 Å². The van der Waals surface area contributed by atoms with Gasteiger partial charge in [-0.05, 0) is 31.0 Å². The summed E-state index contributed by atoms with van der Waals surface area (Å²) in [6.07, 6.45) is 3.25. The highest BCUT2D eigenvalue weighted by Crippen LogP contribution is 2.14. The van der Waals surface area contributed by atoms with E-state index < -0.39 is 0 Å². The number of unbranched alkanes of at least 4 members (excludes halogenated alkanes) is 1. The van der Waals surface area contributed by atoms with Gasteiger partial charge in [-0.3, -0.25) is 9.59 Å². The molecular formula is C18H28N2O3. The fraction of sp³-hybridized carbons (Fsp3) is 0.556. The Morgan fingerprint density at radius 3 is 2.61 bits per heavy atom. The van der Waals surface area contributed by atoms with E-state index in [1.807, 2.05) is 6.92 Å². The maximum atomic E-state index is 12.6. The van der Waals surface area contributed by atoms with Crippen molar-refractivity contribution >= 4 is 17.5 Å². The second-order valence-corrected chi connectivity index (χ2v) is 5.52. The molecule has 0 saturated heterocycles. The van der Waals surface area contributed by atoms with E-state index in [1.54, 1.807) is 36.3 Å². The summed E-state index contributed by atoms with van der Waals surface area (Å²) in [5.74, 6) is -0.0465. The summed E-state index contributed by atoms with van der Waals surface area (Å²) < 4.78 is 5.07. The number of rotatable bonds is 10. The topological polar surface area (TPSA) is 58.6 Å². The SMILES string of the molecule is CCCCC(=O)Nc1cccc(C(=O)N(CCC)CCOC)c1. The molecule has 0 aliphatic heterocycles. The van der Waals surface area contributed by atoms with Crippen LogP contribution in [0.3, 0.4) is 0 Å². The Hall–Kier alpha value is -1.88. The van der Waals surface area contributed by atoms with Crippen molar-refractivity contribution in [1.82, 2.24) is 4.90 Å². The summed E-state index contributed by atoms with van der Waals surface area (Å²) in [6, 6.07) is 7.12. The van der Waals surface area contributed by atoms with Crippen LogP contribution in [0.1, 0.15) is 49.9 Å². The number of carbonyl (C=O) groups excluding carboxylic acids is 2. The van der Waals surface area contributed by atoms with Crippen molar-refractivity contribution < 1.29 is 14.3 Å². The van der Waals surface area contributed by atoms with Crippen molar-refractivity contribution in [3.63, 3.8) is 0 Å². The zero-order chi connectivity index (χ0) is 17.1. The van der Waals surface area contributed by atoms with Crippen molar-refractivity contribution in [2.75, 3.05) is 32.1 Å². The molecule has 1 rings (SSSR count). The van der Waals surface area contributed by atoms with Crippen LogP contribution in [0.25, 0.3) is 0 Å². The average molecular weight is 320 g/mol. The number of carbonyl (C=O) groups is 2. The molecule has 0 unspecified atom stereocenters. The third-order valence-electron chi connectivity index (χ3n) is 3.50. The van der Waals surface area contributed by atoms with Gasteiger partial charge in [-0.1, -0.05) is 26.3 Å². The van der Waals surface area contributed by atoms with Crippen LogP contribution in [0.2, 0.25) is 0 Å². The van der Waals surface area contributed by atoms with Gasteiger partial charge in [-0.15, -0.1) is 0 Å². The van der Waals surface area contributed by atoms with Gasteiger partial charge in [-0.25, -0.2) is 0 Å². The molecule has 0 spiro atoms. The van der Waals surface area contributed by atoms with Crippen LogP contribution in [0.4, 0.5) is 5.69 Å². The summed E-state index contributed by atoms with van der Waals surface area (Å²) in [7, 11) is 1.63. The van der Waals surface area contributed by atoms with Gasteiger partial charge in [0.15, 0.2) is 0 Å². The highest BCUT2D eigenvalue weighted by Gasteiger charge is 2.15. The largest absolute Gasteiger partial charge is 0.383 e. The minimum atomic E-state index is -0.0337. The van der Waals surface area contributed by atoms with Gasteiger partial charge in [0.05, 0.1) is 6.61 Å². The lowest BCUT2D eigenvalue weighted by Gasteiger charge is -2.22. The van der Waals surface area contributed by atoms with Crippen LogP contribution in [0, 0.1) is 0 Å². The number of nitrogens with one attached hydrogen (secondary N) is 1. The van der Waals surface area contributed by atoms with Gasteiger partial charge in [0.2, 0.25) is 5.91 Å². The number of amides is 2. The van der Waals surface area contributed by atoms with Crippen LogP contribution < -0.4 is 5.32 Å². The molecule has 0 aliphatic rings. The molecule has 0 heterocycles. The number of hydrogen-bond donors (Lipinski definition) is 1. The van der Waals surface area contributed by atoms with Gasteiger partial charge in [0.25, 0.3) is 5.91 Å². The summed E-state index contributed by atoms with van der Waals surface area (Å²) in [6.45, 7) is 5.86. The van der Waals surface area contributed by atoms with Gasteiger partial charge in [0, 0.05) is 37.9 Å². The van der Waals surface area contributed by atoms with E-state index in [0.29, 0.717) is 37.4 Å². The maximum Gasteiger partial charge on any atom is 0.254 e. The van der Waals surface area contributed by atoms with Crippen molar-refractivity contribution in [1.29, 1.82) is 0 Å².